The second-order valence-electron chi connectivity index (χ2n) is 5.03. The highest BCUT2D eigenvalue weighted by molar-refractivity contribution is 14.1. The van der Waals surface area contributed by atoms with Crippen molar-refractivity contribution in [3.8, 4) is 11.5 Å². The van der Waals surface area contributed by atoms with Gasteiger partial charge >= 0.3 is 0 Å². The zero-order valence-electron chi connectivity index (χ0n) is 14.3. The number of benzene rings is 2. The number of halogens is 2. The SMILES string of the molecule is CCOc1c(I)cc(C=NOCC(=O)Nc2ccc(Cl)cc2)cc1OC. The Morgan fingerprint density at radius 1 is 1.31 bits per heavy atom. The third-order valence-corrected chi connectivity index (χ3v) is 4.19. The molecule has 8 heteroatoms. The number of ether oxygens (including phenoxy) is 2. The summed E-state index contributed by atoms with van der Waals surface area (Å²) in [6, 6.07) is 10.5. The minimum Gasteiger partial charge on any atom is -0.493 e. The molecule has 0 radical (unpaired) electrons. The largest absolute Gasteiger partial charge is 0.493 e. The van der Waals surface area contributed by atoms with Gasteiger partial charge in [0.2, 0.25) is 0 Å². The van der Waals surface area contributed by atoms with Crippen molar-refractivity contribution < 1.29 is 19.1 Å². The molecule has 26 heavy (non-hydrogen) atoms. The number of hydrogen-bond donors (Lipinski definition) is 1. The Labute approximate surface area is 170 Å². The second-order valence-corrected chi connectivity index (χ2v) is 6.63. The Morgan fingerprint density at radius 2 is 2.04 bits per heavy atom. The Hall–Kier alpha value is -2.00. The van der Waals surface area contributed by atoms with Crippen molar-refractivity contribution in [1.29, 1.82) is 0 Å². The summed E-state index contributed by atoms with van der Waals surface area (Å²) in [6.07, 6.45) is 1.51. The highest BCUT2D eigenvalue weighted by Gasteiger charge is 2.10. The Morgan fingerprint density at radius 3 is 2.69 bits per heavy atom. The fraction of sp³-hybridized carbons (Fsp3) is 0.222. The van der Waals surface area contributed by atoms with Crippen LogP contribution in [-0.2, 0) is 9.63 Å². The molecule has 1 N–H and O–H groups in total. The molecule has 0 saturated heterocycles. The van der Waals surface area contributed by atoms with Crippen LogP contribution in [0.25, 0.3) is 0 Å². The monoisotopic (exact) mass is 488 g/mol. The smallest absolute Gasteiger partial charge is 0.265 e. The molecule has 2 rings (SSSR count). The molecule has 0 saturated carbocycles. The Bertz CT molecular complexity index is 782. The average molecular weight is 489 g/mol. The third-order valence-electron chi connectivity index (χ3n) is 3.14. The number of anilines is 1. The topological polar surface area (TPSA) is 69.2 Å². The number of oxime groups is 1. The molecule has 1 amide bonds. The van der Waals surface area contributed by atoms with Crippen LogP contribution < -0.4 is 14.8 Å². The zero-order valence-corrected chi connectivity index (χ0v) is 17.2. The molecule has 0 heterocycles. The summed E-state index contributed by atoms with van der Waals surface area (Å²) in [7, 11) is 1.58. The number of nitrogens with one attached hydrogen (secondary N) is 1. The summed E-state index contributed by atoms with van der Waals surface area (Å²) < 4.78 is 11.8. The fourth-order valence-electron chi connectivity index (χ4n) is 2.02. The number of amides is 1. The molecule has 0 spiro atoms. The van der Waals surface area contributed by atoms with E-state index >= 15 is 0 Å². The molecule has 0 aromatic heterocycles. The van der Waals surface area contributed by atoms with E-state index in [1.54, 1.807) is 37.4 Å². The lowest BCUT2D eigenvalue weighted by Gasteiger charge is -2.11. The van der Waals surface area contributed by atoms with Gasteiger partial charge < -0.3 is 19.6 Å². The molecule has 2 aromatic rings. The van der Waals surface area contributed by atoms with Crippen molar-refractivity contribution in [3.63, 3.8) is 0 Å². The van der Waals surface area contributed by atoms with E-state index in [1.165, 1.54) is 6.21 Å². The molecule has 0 aliphatic heterocycles. The van der Waals surface area contributed by atoms with Gasteiger partial charge in [-0.2, -0.15) is 0 Å². The van der Waals surface area contributed by atoms with E-state index in [9.17, 15) is 4.79 Å². The van der Waals surface area contributed by atoms with Crippen LogP contribution in [0.15, 0.2) is 41.6 Å². The first kappa shape index (κ1) is 20.3. The van der Waals surface area contributed by atoms with Gasteiger partial charge in [0.25, 0.3) is 5.91 Å². The first-order valence-electron chi connectivity index (χ1n) is 7.74. The van der Waals surface area contributed by atoms with Crippen molar-refractivity contribution in [2.24, 2.45) is 5.16 Å². The number of rotatable bonds is 8. The second kappa shape index (κ2) is 10.2. The van der Waals surface area contributed by atoms with Gasteiger partial charge in [-0.25, -0.2) is 0 Å². The van der Waals surface area contributed by atoms with Gasteiger partial charge in [-0.05, 0) is 65.9 Å². The van der Waals surface area contributed by atoms with Gasteiger partial charge in [0.05, 0.1) is 23.5 Å². The molecule has 6 nitrogen and oxygen atoms in total. The van der Waals surface area contributed by atoms with Crippen LogP contribution in [0.2, 0.25) is 5.02 Å². The van der Waals surface area contributed by atoms with Crippen LogP contribution in [-0.4, -0.2) is 32.4 Å². The average Bonchev–Trinajstić information content (AvgIpc) is 2.62. The molecular weight excluding hydrogens is 471 g/mol. The highest BCUT2D eigenvalue weighted by Crippen LogP contribution is 2.33. The lowest BCUT2D eigenvalue weighted by Crippen LogP contribution is -2.16. The van der Waals surface area contributed by atoms with E-state index in [0.29, 0.717) is 28.8 Å². The van der Waals surface area contributed by atoms with E-state index in [-0.39, 0.29) is 12.5 Å². The van der Waals surface area contributed by atoms with Gasteiger partial charge in [-0.3, -0.25) is 4.79 Å². The lowest BCUT2D eigenvalue weighted by molar-refractivity contribution is -0.120. The fourth-order valence-corrected chi connectivity index (χ4v) is 2.93. The summed E-state index contributed by atoms with van der Waals surface area (Å²) in [4.78, 5) is 16.8. The molecule has 0 atom stereocenters. The maximum atomic E-state index is 11.8. The first-order chi connectivity index (χ1) is 12.5. The van der Waals surface area contributed by atoms with Crippen molar-refractivity contribution in [1.82, 2.24) is 0 Å². The zero-order chi connectivity index (χ0) is 18.9. The minimum atomic E-state index is -0.316. The standard InChI is InChI=1S/C18H18ClIN2O4/c1-3-25-18-15(20)8-12(9-16(18)24-2)10-21-26-11-17(23)22-14-6-4-13(19)5-7-14/h4-10H,3,11H2,1-2H3,(H,22,23). The summed E-state index contributed by atoms with van der Waals surface area (Å²) in [5.74, 6) is 0.986. The summed E-state index contributed by atoms with van der Waals surface area (Å²) in [5, 5.41) is 7.11. The van der Waals surface area contributed by atoms with E-state index in [1.807, 2.05) is 13.0 Å². The minimum absolute atomic E-state index is 0.204. The number of carbonyl (C=O) groups is 1. The van der Waals surface area contributed by atoms with Crippen molar-refractivity contribution in [3.05, 3.63) is 50.6 Å². The maximum Gasteiger partial charge on any atom is 0.265 e. The van der Waals surface area contributed by atoms with Gasteiger partial charge in [-0.15, -0.1) is 0 Å². The van der Waals surface area contributed by atoms with E-state index in [0.717, 1.165) is 9.13 Å². The summed E-state index contributed by atoms with van der Waals surface area (Å²) in [6.45, 7) is 2.25. The molecule has 0 aliphatic rings. The summed E-state index contributed by atoms with van der Waals surface area (Å²) in [5.41, 5.74) is 1.41. The van der Waals surface area contributed by atoms with Crippen molar-refractivity contribution in [2.75, 3.05) is 25.6 Å². The van der Waals surface area contributed by atoms with Crippen LogP contribution in [0.4, 0.5) is 5.69 Å². The normalized spacial score (nSPS) is 10.6. The van der Waals surface area contributed by atoms with Crippen LogP contribution in [0.5, 0.6) is 11.5 Å². The van der Waals surface area contributed by atoms with E-state index in [4.69, 9.17) is 25.9 Å². The summed E-state index contributed by atoms with van der Waals surface area (Å²) >= 11 is 7.96. The van der Waals surface area contributed by atoms with E-state index in [2.05, 4.69) is 33.1 Å². The van der Waals surface area contributed by atoms with Gasteiger partial charge in [0.15, 0.2) is 18.1 Å². The third kappa shape index (κ3) is 6.06. The van der Waals surface area contributed by atoms with Crippen LogP contribution in [0.1, 0.15) is 12.5 Å². The molecule has 0 bridgehead atoms. The van der Waals surface area contributed by atoms with E-state index < -0.39 is 0 Å². The highest BCUT2D eigenvalue weighted by atomic mass is 127. The maximum absolute atomic E-state index is 11.8. The van der Waals surface area contributed by atoms with Crippen LogP contribution >= 0.6 is 34.2 Å². The Kier molecular flexibility index (Phi) is 7.99. The molecular formula is C18H18ClIN2O4. The molecule has 138 valence electrons. The number of hydrogen-bond acceptors (Lipinski definition) is 5. The van der Waals surface area contributed by atoms with Gasteiger partial charge in [0, 0.05) is 16.3 Å². The predicted molar refractivity (Wildman–Crippen MR) is 111 cm³/mol. The lowest BCUT2D eigenvalue weighted by atomic mass is 10.2. The van der Waals surface area contributed by atoms with Crippen molar-refractivity contribution in [2.45, 2.75) is 6.92 Å². The van der Waals surface area contributed by atoms with Gasteiger partial charge in [-0.1, -0.05) is 16.8 Å². The number of nitrogens with zero attached hydrogens (tertiary/aromatic N) is 1. The molecule has 0 unspecified atom stereocenters. The first-order valence-corrected chi connectivity index (χ1v) is 9.20. The molecule has 0 aliphatic carbocycles. The van der Waals surface area contributed by atoms with Crippen LogP contribution in [0, 0.1) is 3.57 Å². The van der Waals surface area contributed by atoms with Gasteiger partial charge in [0.1, 0.15) is 0 Å². The predicted octanol–water partition coefficient (Wildman–Crippen LogP) is 4.34. The van der Waals surface area contributed by atoms with Crippen LogP contribution in [0.3, 0.4) is 0 Å². The molecule has 2 aromatic carbocycles. The quantitative estimate of drug-likeness (QED) is 0.341. The number of methoxy groups -OCH3 is 1. The molecule has 0 fully saturated rings. The Balaban J connectivity index is 1.90. The van der Waals surface area contributed by atoms with Crippen molar-refractivity contribution >= 4 is 52.0 Å². The number of carbonyl (C=O) groups excluding carboxylic acids is 1.